The van der Waals surface area contributed by atoms with E-state index in [0.29, 0.717) is 20.8 Å². The molecular weight excluding hydrogens is 462 g/mol. The maximum Gasteiger partial charge on any atom is 0.344 e. The van der Waals surface area contributed by atoms with Crippen LogP contribution >= 0.6 is 27.5 Å². The van der Waals surface area contributed by atoms with Gasteiger partial charge < -0.3 is 18.8 Å². The molecule has 0 saturated carbocycles. The number of aromatic nitrogens is 1. The minimum atomic E-state index is -0.617. The lowest BCUT2D eigenvalue weighted by atomic mass is 10.1. The molecule has 0 aliphatic carbocycles. The minimum absolute atomic E-state index is 0.185. The zero-order valence-corrected chi connectivity index (χ0v) is 18.7. The molecular formula is C21H23BrClNO5. The predicted molar refractivity (Wildman–Crippen MR) is 113 cm³/mol. The molecule has 1 fully saturated rings. The standard InChI is InChI=1S/C21H23BrClNO5/c1-13-8-17(14(2)24(13)10-16-4-3-7-27-16)19(25)11-29-21(26)12-28-20-6-5-15(23)9-18(20)22/h5-6,8-9,16H,3-4,7,10-12H2,1-2H3/t16-/m0/s1. The summed E-state index contributed by atoms with van der Waals surface area (Å²) in [4.78, 5) is 24.5. The van der Waals surface area contributed by atoms with E-state index >= 15 is 0 Å². The second-order valence-electron chi connectivity index (χ2n) is 6.98. The number of hydrogen-bond donors (Lipinski definition) is 0. The summed E-state index contributed by atoms with van der Waals surface area (Å²) in [6.45, 7) is 4.76. The molecule has 1 aliphatic rings. The molecule has 8 heteroatoms. The first-order chi connectivity index (χ1) is 13.8. The maximum absolute atomic E-state index is 12.6. The summed E-state index contributed by atoms with van der Waals surface area (Å²) in [7, 11) is 0. The number of hydrogen-bond acceptors (Lipinski definition) is 5. The predicted octanol–water partition coefficient (Wildman–Crippen LogP) is 4.50. The number of carbonyl (C=O) groups excluding carboxylic acids is 2. The van der Waals surface area contributed by atoms with Gasteiger partial charge in [0.05, 0.1) is 10.6 Å². The van der Waals surface area contributed by atoms with Crippen LogP contribution in [0.3, 0.4) is 0 Å². The molecule has 0 N–H and O–H groups in total. The van der Waals surface area contributed by atoms with E-state index < -0.39 is 5.97 Å². The summed E-state index contributed by atoms with van der Waals surface area (Å²) in [5.41, 5.74) is 2.42. The van der Waals surface area contributed by atoms with Crippen molar-refractivity contribution in [3.63, 3.8) is 0 Å². The molecule has 1 atom stereocenters. The summed E-state index contributed by atoms with van der Waals surface area (Å²) in [5.74, 6) is -0.388. The van der Waals surface area contributed by atoms with Crippen molar-refractivity contribution in [2.24, 2.45) is 0 Å². The average Bonchev–Trinajstić information content (AvgIpc) is 3.29. The molecule has 0 unspecified atom stereocenters. The van der Waals surface area contributed by atoms with Gasteiger partial charge >= 0.3 is 5.97 Å². The molecule has 2 aromatic rings. The van der Waals surface area contributed by atoms with Gasteiger partial charge in [-0.25, -0.2) is 4.79 Å². The number of benzene rings is 1. The highest BCUT2D eigenvalue weighted by Crippen LogP contribution is 2.28. The number of nitrogens with zero attached hydrogens (tertiary/aromatic N) is 1. The summed E-state index contributed by atoms with van der Waals surface area (Å²) < 4.78 is 18.9. The van der Waals surface area contributed by atoms with E-state index in [1.165, 1.54) is 0 Å². The van der Waals surface area contributed by atoms with Gasteiger partial charge in [-0.3, -0.25) is 4.79 Å². The monoisotopic (exact) mass is 483 g/mol. The third-order valence-electron chi connectivity index (χ3n) is 4.89. The molecule has 3 rings (SSSR count). The molecule has 2 heterocycles. The Labute approximate surface area is 183 Å². The van der Waals surface area contributed by atoms with E-state index in [0.717, 1.165) is 37.4 Å². The van der Waals surface area contributed by atoms with E-state index in [2.05, 4.69) is 20.5 Å². The molecule has 1 aliphatic heterocycles. The average molecular weight is 485 g/mol. The first kappa shape index (κ1) is 21.9. The van der Waals surface area contributed by atoms with Gasteiger partial charge in [0.25, 0.3) is 0 Å². The largest absolute Gasteiger partial charge is 0.481 e. The summed E-state index contributed by atoms with van der Waals surface area (Å²) in [6.07, 6.45) is 2.28. The van der Waals surface area contributed by atoms with Crippen molar-refractivity contribution in [2.45, 2.75) is 39.3 Å². The number of esters is 1. The molecule has 0 amide bonds. The lowest BCUT2D eigenvalue weighted by Crippen LogP contribution is -2.20. The Morgan fingerprint density at radius 1 is 1.28 bits per heavy atom. The van der Waals surface area contributed by atoms with Crippen molar-refractivity contribution in [2.75, 3.05) is 19.8 Å². The number of halogens is 2. The SMILES string of the molecule is Cc1cc(C(=O)COC(=O)COc2ccc(Cl)cc2Br)c(C)n1C[C@@H]1CCCO1. The number of ketones is 1. The van der Waals surface area contributed by atoms with E-state index in [1.807, 2.05) is 19.9 Å². The highest BCUT2D eigenvalue weighted by atomic mass is 79.9. The van der Waals surface area contributed by atoms with E-state index in [1.54, 1.807) is 18.2 Å². The molecule has 0 bridgehead atoms. The van der Waals surface area contributed by atoms with Gasteiger partial charge in [0.2, 0.25) is 5.78 Å². The molecule has 29 heavy (non-hydrogen) atoms. The number of ether oxygens (including phenoxy) is 3. The summed E-state index contributed by atoms with van der Waals surface area (Å²) in [6, 6.07) is 6.80. The van der Waals surface area contributed by atoms with Crippen molar-refractivity contribution in [1.29, 1.82) is 0 Å². The molecule has 1 aromatic heterocycles. The molecule has 1 saturated heterocycles. The van der Waals surface area contributed by atoms with Gasteiger partial charge in [-0.1, -0.05) is 11.6 Å². The quantitative estimate of drug-likeness (QED) is 0.407. The van der Waals surface area contributed by atoms with Gasteiger partial charge in [0.1, 0.15) is 5.75 Å². The zero-order valence-electron chi connectivity index (χ0n) is 16.4. The van der Waals surface area contributed by atoms with Crippen LogP contribution in [0.5, 0.6) is 5.75 Å². The van der Waals surface area contributed by atoms with Gasteiger partial charge in [0, 0.05) is 35.1 Å². The third kappa shape index (κ3) is 5.62. The smallest absolute Gasteiger partial charge is 0.344 e. The van der Waals surface area contributed by atoms with Crippen LogP contribution in [0.2, 0.25) is 5.02 Å². The molecule has 0 spiro atoms. The summed E-state index contributed by atoms with van der Waals surface area (Å²) >= 11 is 9.18. The lowest BCUT2D eigenvalue weighted by molar-refractivity contribution is -0.144. The van der Waals surface area contributed by atoms with Crippen LogP contribution < -0.4 is 4.74 Å². The fraction of sp³-hybridized carbons (Fsp3) is 0.429. The van der Waals surface area contributed by atoms with Gasteiger partial charge in [-0.05, 0) is 66.9 Å². The highest BCUT2D eigenvalue weighted by molar-refractivity contribution is 9.10. The van der Waals surface area contributed by atoms with E-state index in [4.69, 9.17) is 25.8 Å². The number of Topliss-reactive ketones (excluding diaryl/α,β-unsaturated/α-hetero) is 1. The maximum atomic E-state index is 12.6. The Hall–Kier alpha value is -1.83. The van der Waals surface area contributed by atoms with Gasteiger partial charge in [-0.2, -0.15) is 0 Å². The fourth-order valence-corrected chi connectivity index (χ4v) is 4.15. The van der Waals surface area contributed by atoms with Crippen molar-refractivity contribution >= 4 is 39.3 Å². The Balaban J connectivity index is 1.52. The first-order valence-corrected chi connectivity index (χ1v) is 10.6. The minimum Gasteiger partial charge on any atom is -0.481 e. The second kappa shape index (κ2) is 9.78. The van der Waals surface area contributed by atoms with Crippen LogP contribution in [0, 0.1) is 13.8 Å². The van der Waals surface area contributed by atoms with Crippen LogP contribution in [-0.4, -0.2) is 42.2 Å². The lowest BCUT2D eigenvalue weighted by Gasteiger charge is -2.14. The van der Waals surface area contributed by atoms with Crippen molar-refractivity contribution in [3.05, 3.63) is 50.7 Å². The topological polar surface area (TPSA) is 66.8 Å². The van der Waals surface area contributed by atoms with Crippen molar-refractivity contribution in [3.8, 4) is 5.75 Å². The van der Waals surface area contributed by atoms with Crippen molar-refractivity contribution < 1.29 is 23.8 Å². The number of rotatable bonds is 8. The Kier molecular flexibility index (Phi) is 7.38. The Morgan fingerprint density at radius 3 is 2.76 bits per heavy atom. The van der Waals surface area contributed by atoms with Gasteiger partial charge in [0.15, 0.2) is 13.2 Å². The fourth-order valence-electron chi connectivity index (χ4n) is 3.35. The third-order valence-corrected chi connectivity index (χ3v) is 5.74. The second-order valence-corrected chi connectivity index (χ2v) is 8.27. The Bertz CT molecular complexity index is 905. The van der Waals surface area contributed by atoms with Crippen molar-refractivity contribution in [1.82, 2.24) is 4.57 Å². The van der Waals surface area contributed by atoms with Crippen LogP contribution in [-0.2, 0) is 20.8 Å². The molecule has 1 aromatic carbocycles. The molecule has 6 nitrogen and oxygen atoms in total. The van der Waals surface area contributed by atoms with Crippen LogP contribution in [0.25, 0.3) is 0 Å². The van der Waals surface area contributed by atoms with Gasteiger partial charge in [-0.15, -0.1) is 0 Å². The van der Waals surface area contributed by atoms with E-state index in [9.17, 15) is 9.59 Å². The zero-order chi connectivity index (χ0) is 21.0. The highest BCUT2D eigenvalue weighted by Gasteiger charge is 2.21. The molecule has 0 radical (unpaired) electrons. The number of aryl methyl sites for hydroxylation is 1. The van der Waals surface area contributed by atoms with Crippen LogP contribution in [0.1, 0.15) is 34.6 Å². The van der Waals surface area contributed by atoms with Crippen LogP contribution in [0.4, 0.5) is 0 Å². The summed E-state index contributed by atoms with van der Waals surface area (Å²) in [5, 5.41) is 0.550. The Morgan fingerprint density at radius 2 is 2.07 bits per heavy atom. The first-order valence-electron chi connectivity index (χ1n) is 9.40. The van der Waals surface area contributed by atoms with Crippen LogP contribution in [0.15, 0.2) is 28.7 Å². The normalized spacial score (nSPS) is 16.1. The number of carbonyl (C=O) groups is 2. The molecule has 156 valence electrons. The van der Waals surface area contributed by atoms with E-state index in [-0.39, 0.29) is 25.1 Å².